The predicted molar refractivity (Wildman–Crippen MR) is 73.9 cm³/mol. The molecule has 0 saturated carbocycles. The van der Waals surface area contributed by atoms with Gasteiger partial charge in [0.25, 0.3) is 0 Å². The van der Waals surface area contributed by atoms with Gasteiger partial charge in [0.05, 0.1) is 6.54 Å². The van der Waals surface area contributed by atoms with Gasteiger partial charge in [0.1, 0.15) is 0 Å². The van der Waals surface area contributed by atoms with Gasteiger partial charge in [-0.25, -0.2) is 0 Å². The second kappa shape index (κ2) is 6.19. The minimum Gasteiger partial charge on any atom is -0.357 e. The molecule has 2 rings (SSSR count). The molecular weight excluding hydrogens is 224 g/mol. The van der Waals surface area contributed by atoms with E-state index in [2.05, 4.69) is 11.8 Å². The Morgan fingerprint density at radius 3 is 2.89 bits per heavy atom. The smallest absolute Gasteiger partial charge is 0.178 e. The number of nitrogens with zero attached hydrogens (tertiary/aromatic N) is 2. The number of carbonyl (C=O) groups excluding carboxylic acids is 1. The van der Waals surface area contributed by atoms with Gasteiger partial charge in [-0.2, -0.15) is 0 Å². The lowest BCUT2D eigenvalue weighted by Crippen LogP contribution is -2.38. The maximum Gasteiger partial charge on any atom is 0.178 e. The number of carbonyl (C=O) groups is 1. The summed E-state index contributed by atoms with van der Waals surface area (Å²) in [5.41, 5.74) is 0.844. The zero-order valence-electron chi connectivity index (χ0n) is 11.6. The fourth-order valence-corrected chi connectivity index (χ4v) is 2.85. The first-order chi connectivity index (χ1) is 8.70. The molecule has 0 N–H and O–H groups in total. The molecule has 2 heterocycles. The zero-order chi connectivity index (χ0) is 13.0. The number of likely N-dealkylation sites (tertiary alicyclic amines) is 1. The highest BCUT2D eigenvalue weighted by Crippen LogP contribution is 2.19. The number of Topliss-reactive ketones (excluding diaryl/α,β-unsaturated/α-hetero) is 1. The van der Waals surface area contributed by atoms with Gasteiger partial charge in [-0.1, -0.05) is 19.8 Å². The molecule has 1 aliphatic heterocycles. The summed E-state index contributed by atoms with van der Waals surface area (Å²) in [6.07, 6.45) is 10.1. The molecule has 1 aliphatic rings. The van der Waals surface area contributed by atoms with Crippen molar-refractivity contribution in [2.75, 3.05) is 13.1 Å². The van der Waals surface area contributed by atoms with Gasteiger partial charge in [0.2, 0.25) is 0 Å². The average Bonchev–Trinajstić information content (AvgIpc) is 2.67. The Hall–Kier alpha value is -1.09. The molecule has 0 spiro atoms. The molecule has 3 nitrogen and oxygen atoms in total. The summed E-state index contributed by atoms with van der Waals surface area (Å²) in [5.74, 6) is 0.260. The molecule has 1 fully saturated rings. The number of hydrogen-bond donors (Lipinski definition) is 0. The van der Waals surface area contributed by atoms with Crippen LogP contribution >= 0.6 is 0 Å². The molecule has 0 radical (unpaired) electrons. The topological polar surface area (TPSA) is 25.2 Å². The zero-order valence-corrected chi connectivity index (χ0v) is 11.6. The van der Waals surface area contributed by atoms with E-state index >= 15 is 0 Å². The first-order valence-corrected chi connectivity index (χ1v) is 7.10. The average molecular weight is 248 g/mol. The molecule has 1 aromatic heterocycles. The predicted octanol–water partition coefficient (Wildman–Crippen LogP) is 2.86. The lowest BCUT2D eigenvalue weighted by molar-refractivity contribution is 0.0890. The number of ketones is 1. The van der Waals surface area contributed by atoms with Crippen molar-refractivity contribution in [1.29, 1.82) is 0 Å². The van der Waals surface area contributed by atoms with Gasteiger partial charge in [0.15, 0.2) is 5.78 Å². The van der Waals surface area contributed by atoms with E-state index < -0.39 is 0 Å². The quantitative estimate of drug-likeness (QED) is 0.766. The van der Waals surface area contributed by atoms with Crippen LogP contribution in [-0.2, 0) is 7.05 Å². The van der Waals surface area contributed by atoms with Crippen molar-refractivity contribution >= 4 is 5.78 Å². The minimum atomic E-state index is 0.260. The summed E-state index contributed by atoms with van der Waals surface area (Å²) in [6.45, 7) is 3.90. The van der Waals surface area contributed by atoms with E-state index in [1.807, 2.05) is 30.1 Å². The third kappa shape index (κ3) is 3.22. The molecular formula is C15H24N2O. The van der Waals surface area contributed by atoms with Crippen molar-refractivity contribution < 1.29 is 4.79 Å². The summed E-state index contributed by atoms with van der Waals surface area (Å²) in [6, 6.07) is 2.52. The van der Waals surface area contributed by atoms with Gasteiger partial charge in [-0.15, -0.1) is 0 Å². The van der Waals surface area contributed by atoms with Crippen LogP contribution in [0.15, 0.2) is 18.5 Å². The number of aryl methyl sites for hydroxylation is 1. The van der Waals surface area contributed by atoms with E-state index in [0.717, 1.165) is 18.5 Å². The van der Waals surface area contributed by atoms with Gasteiger partial charge in [-0.05, 0) is 31.9 Å². The second-order valence-electron chi connectivity index (χ2n) is 5.37. The molecule has 0 aliphatic carbocycles. The van der Waals surface area contributed by atoms with E-state index in [0.29, 0.717) is 12.6 Å². The Kier molecular flexibility index (Phi) is 4.59. The molecule has 0 bridgehead atoms. The lowest BCUT2D eigenvalue weighted by atomic mass is 10.1. The van der Waals surface area contributed by atoms with E-state index in [1.165, 1.54) is 25.7 Å². The molecule has 0 amide bonds. The molecule has 1 atom stereocenters. The minimum absolute atomic E-state index is 0.260. The summed E-state index contributed by atoms with van der Waals surface area (Å²) in [4.78, 5) is 14.6. The largest absolute Gasteiger partial charge is 0.357 e. The maximum absolute atomic E-state index is 12.2. The first kappa shape index (κ1) is 13.3. The van der Waals surface area contributed by atoms with Crippen LogP contribution in [0.1, 0.15) is 49.4 Å². The van der Waals surface area contributed by atoms with Gasteiger partial charge in [-0.3, -0.25) is 9.69 Å². The molecule has 1 saturated heterocycles. The van der Waals surface area contributed by atoms with E-state index in [1.54, 1.807) is 0 Å². The molecule has 1 aromatic rings. The van der Waals surface area contributed by atoms with E-state index in [4.69, 9.17) is 0 Å². The number of rotatable bonds is 4. The Morgan fingerprint density at radius 2 is 2.22 bits per heavy atom. The van der Waals surface area contributed by atoms with Crippen LogP contribution in [0.3, 0.4) is 0 Å². The van der Waals surface area contributed by atoms with E-state index in [9.17, 15) is 4.79 Å². The molecule has 3 heteroatoms. The van der Waals surface area contributed by atoms with Crippen molar-refractivity contribution in [3.63, 3.8) is 0 Å². The molecule has 18 heavy (non-hydrogen) atoms. The van der Waals surface area contributed by atoms with Crippen molar-refractivity contribution in [3.05, 3.63) is 24.0 Å². The number of aromatic nitrogens is 1. The maximum atomic E-state index is 12.2. The van der Waals surface area contributed by atoms with Crippen molar-refractivity contribution in [3.8, 4) is 0 Å². The monoisotopic (exact) mass is 248 g/mol. The molecule has 100 valence electrons. The van der Waals surface area contributed by atoms with Gasteiger partial charge in [0, 0.05) is 31.0 Å². The summed E-state index contributed by atoms with van der Waals surface area (Å²) in [7, 11) is 1.96. The Labute approximate surface area is 110 Å². The summed E-state index contributed by atoms with van der Waals surface area (Å²) < 4.78 is 1.94. The lowest BCUT2D eigenvalue weighted by Gasteiger charge is -2.28. The van der Waals surface area contributed by atoms with E-state index in [-0.39, 0.29) is 5.78 Å². The Balaban J connectivity index is 1.99. The highest BCUT2D eigenvalue weighted by molar-refractivity contribution is 5.97. The second-order valence-corrected chi connectivity index (χ2v) is 5.37. The first-order valence-electron chi connectivity index (χ1n) is 7.10. The van der Waals surface area contributed by atoms with Crippen molar-refractivity contribution in [1.82, 2.24) is 9.47 Å². The fourth-order valence-electron chi connectivity index (χ4n) is 2.85. The van der Waals surface area contributed by atoms with Gasteiger partial charge < -0.3 is 4.57 Å². The third-order valence-electron chi connectivity index (χ3n) is 3.97. The normalized spacial score (nSPS) is 21.8. The Bertz CT molecular complexity index is 397. The standard InChI is InChI=1S/C15H24N2O/c1-3-14-7-5-4-6-9-17(14)12-15(18)13-8-10-16(2)11-13/h8,10-11,14H,3-7,9,12H2,1-2H3. The SMILES string of the molecule is CCC1CCCCCN1CC(=O)c1ccn(C)c1. The van der Waals surface area contributed by atoms with Crippen molar-refractivity contribution in [2.45, 2.75) is 45.1 Å². The molecule has 1 unspecified atom stereocenters. The summed E-state index contributed by atoms with van der Waals surface area (Å²) in [5, 5.41) is 0. The van der Waals surface area contributed by atoms with Crippen LogP contribution in [0.5, 0.6) is 0 Å². The highest BCUT2D eigenvalue weighted by atomic mass is 16.1. The molecule has 0 aromatic carbocycles. The van der Waals surface area contributed by atoms with Crippen LogP contribution in [0.2, 0.25) is 0 Å². The highest BCUT2D eigenvalue weighted by Gasteiger charge is 2.22. The van der Waals surface area contributed by atoms with Crippen LogP contribution in [0.4, 0.5) is 0 Å². The summed E-state index contributed by atoms with van der Waals surface area (Å²) >= 11 is 0. The van der Waals surface area contributed by atoms with Crippen LogP contribution < -0.4 is 0 Å². The number of hydrogen-bond acceptors (Lipinski definition) is 2. The van der Waals surface area contributed by atoms with Crippen LogP contribution in [0, 0.1) is 0 Å². The van der Waals surface area contributed by atoms with Crippen LogP contribution in [-0.4, -0.2) is 34.4 Å². The van der Waals surface area contributed by atoms with Crippen LogP contribution in [0.25, 0.3) is 0 Å². The Morgan fingerprint density at radius 1 is 1.39 bits per heavy atom. The van der Waals surface area contributed by atoms with Gasteiger partial charge >= 0.3 is 0 Å². The van der Waals surface area contributed by atoms with Crippen molar-refractivity contribution in [2.24, 2.45) is 7.05 Å². The fraction of sp³-hybridized carbons (Fsp3) is 0.667. The third-order valence-corrected chi connectivity index (χ3v) is 3.97.